The Kier molecular flexibility index (Phi) is 2.72. The number of allylic oxidation sites excluding steroid dienone is 1. The largest absolute Gasteiger partial charge is 0.271 e. The van der Waals surface area contributed by atoms with Crippen molar-refractivity contribution in [1.29, 1.82) is 0 Å². The first kappa shape index (κ1) is 7.66. The van der Waals surface area contributed by atoms with E-state index in [0.29, 0.717) is 0 Å². The van der Waals surface area contributed by atoms with Crippen LogP contribution in [-0.4, -0.2) is 5.54 Å². The summed E-state index contributed by atoms with van der Waals surface area (Å²) in [6, 6.07) is 0. The van der Waals surface area contributed by atoms with Gasteiger partial charge in [0.15, 0.2) is 0 Å². The third-order valence-corrected chi connectivity index (χ3v) is 0.955. The summed E-state index contributed by atoms with van der Waals surface area (Å²) < 4.78 is 0. The lowest BCUT2D eigenvalue weighted by molar-refractivity contribution is 0.491. The van der Waals surface area contributed by atoms with Crippen molar-refractivity contribution in [3.05, 3.63) is 12.2 Å². The van der Waals surface area contributed by atoms with E-state index in [1.807, 2.05) is 32.9 Å². The summed E-state index contributed by atoms with van der Waals surface area (Å²) in [5.41, 5.74) is 2.59. The molecule has 0 aromatic carbocycles. The molecule has 0 heterocycles. The van der Waals surface area contributed by atoms with Crippen LogP contribution in [0.2, 0.25) is 0 Å². The summed E-state index contributed by atoms with van der Waals surface area (Å²) >= 11 is 0. The fraction of sp³-hybridized carbons (Fsp3) is 0.667. The number of rotatable bonds is 2. The molecule has 0 saturated heterocycles. The van der Waals surface area contributed by atoms with Gasteiger partial charge in [-0.15, -0.1) is 0 Å². The molecule has 0 unspecified atom stereocenters. The fourth-order valence-electron chi connectivity index (χ4n) is 0.465. The van der Waals surface area contributed by atoms with E-state index in [1.54, 1.807) is 0 Å². The Bertz CT molecular complexity index is 84.5. The Morgan fingerprint density at radius 1 is 1.50 bits per heavy atom. The van der Waals surface area contributed by atoms with Gasteiger partial charge >= 0.3 is 0 Å². The Balaban J connectivity index is 3.71. The van der Waals surface area contributed by atoms with Gasteiger partial charge in [-0.3, -0.25) is 11.3 Å². The summed E-state index contributed by atoms with van der Waals surface area (Å²) in [7, 11) is 0. The minimum atomic E-state index is -0.0608. The Morgan fingerprint density at radius 3 is 2.12 bits per heavy atom. The van der Waals surface area contributed by atoms with Gasteiger partial charge in [0, 0.05) is 5.54 Å². The van der Waals surface area contributed by atoms with Gasteiger partial charge in [0.05, 0.1) is 0 Å². The van der Waals surface area contributed by atoms with Crippen LogP contribution in [0.25, 0.3) is 0 Å². The molecule has 0 radical (unpaired) electrons. The molecule has 2 nitrogen and oxygen atoms in total. The highest BCUT2D eigenvalue weighted by Crippen LogP contribution is 1.99. The van der Waals surface area contributed by atoms with Crippen LogP contribution < -0.4 is 11.3 Å². The highest BCUT2D eigenvalue weighted by molar-refractivity contribution is 4.97. The second-order valence-corrected chi connectivity index (χ2v) is 2.37. The molecule has 0 atom stereocenters. The summed E-state index contributed by atoms with van der Waals surface area (Å²) in [5, 5.41) is 0. The first-order valence-electron chi connectivity index (χ1n) is 2.74. The number of nitrogens with two attached hydrogens (primary N) is 1. The second-order valence-electron chi connectivity index (χ2n) is 2.37. The van der Waals surface area contributed by atoms with Crippen LogP contribution in [0.4, 0.5) is 0 Å². The van der Waals surface area contributed by atoms with Gasteiger partial charge in [-0.25, -0.2) is 0 Å². The van der Waals surface area contributed by atoms with Gasteiger partial charge in [0.1, 0.15) is 0 Å². The molecule has 8 heavy (non-hydrogen) atoms. The molecule has 0 amide bonds. The van der Waals surface area contributed by atoms with Crippen molar-refractivity contribution in [2.45, 2.75) is 26.3 Å². The predicted molar refractivity (Wildman–Crippen MR) is 36.2 cm³/mol. The zero-order valence-electron chi connectivity index (χ0n) is 5.73. The van der Waals surface area contributed by atoms with Gasteiger partial charge in [-0.05, 0) is 20.8 Å². The van der Waals surface area contributed by atoms with Gasteiger partial charge < -0.3 is 0 Å². The van der Waals surface area contributed by atoms with E-state index >= 15 is 0 Å². The SMILES string of the molecule is CC=CC(C)(C)NN. The average molecular weight is 114 g/mol. The van der Waals surface area contributed by atoms with E-state index in [0.717, 1.165) is 0 Å². The maximum Gasteiger partial charge on any atom is 0.0444 e. The highest BCUT2D eigenvalue weighted by Gasteiger charge is 2.07. The molecule has 0 spiro atoms. The van der Waals surface area contributed by atoms with E-state index in [-0.39, 0.29) is 5.54 Å². The van der Waals surface area contributed by atoms with Crippen LogP contribution in [0.5, 0.6) is 0 Å². The molecule has 2 heteroatoms. The number of hydrogen-bond acceptors (Lipinski definition) is 2. The maximum atomic E-state index is 5.19. The first-order chi connectivity index (χ1) is 3.62. The third-order valence-electron chi connectivity index (χ3n) is 0.955. The Morgan fingerprint density at radius 2 is 2.00 bits per heavy atom. The van der Waals surface area contributed by atoms with Crippen molar-refractivity contribution in [3.63, 3.8) is 0 Å². The average Bonchev–Trinajstić information content (AvgIpc) is 1.67. The van der Waals surface area contributed by atoms with Gasteiger partial charge in [0.2, 0.25) is 0 Å². The topological polar surface area (TPSA) is 38.0 Å². The Labute approximate surface area is 50.7 Å². The van der Waals surface area contributed by atoms with E-state index < -0.39 is 0 Å². The summed E-state index contributed by atoms with van der Waals surface area (Å²) in [4.78, 5) is 0. The standard InChI is InChI=1S/C6H14N2/c1-4-5-6(2,3)8-7/h4-5,8H,7H2,1-3H3. The lowest BCUT2D eigenvalue weighted by Crippen LogP contribution is -2.42. The minimum absolute atomic E-state index is 0.0608. The molecule has 3 N–H and O–H groups in total. The second kappa shape index (κ2) is 2.84. The van der Waals surface area contributed by atoms with Crippen LogP contribution in [-0.2, 0) is 0 Å². The zero-order valence-corrected chi connectivity index (χ0v) is 5.73. The molecule has 48 valence electrons. The smallest absolute Gasteiger partial charge is 0.0444 e. The van der Waals surface area contributed by atoms with Gasteiger partial charge in [0.25, 0.3) is 0 Å². The van der Waals surface area contributed by atoms with E-state index in [1.165, 1.54) is 0 Å². The van der Waals surface area contributed by atoms with Crippen LogP contribution in [0, 0.1) is 0 Å². The van der Waals surface area contributed by atoms with Crippen LogP contribution in [0.3, 0.4) is 0 Å². The van der Waals surface area contributed by atoms with Crippen molar-refractivity contribution in [3.8, 4) is 0 Å². The van der Waals surface area contributed by atoms with Crippen molar-refractivity contribution >= 4 is 0 Å². The predicted octanol–water partition coefficient (Wildman–Crippen LogP) is 0.804. The summed E-state index contributed by atoms with van der Waals surface area (Å²) in [5.74, 6) is 5.19. The molecular weight excluding hydrogens is 100 g/mol. The molecule has 0 aromatic rings. The summed E-state index contributed by atoms with van der Waals surface area (Å²) in [6.45, 7) is 5.99. The first-order valence-corrected chi connectivity index (χ1v) is 2.74. The third kappa shape index (κ3) is 2.77. The minimum Gasteiger partial charge on any atom is -0.271 e. The highest BCUT2D eigenvalue weighted by atomic mass is 15.2. The van der Waals surface area contributed by atoms with E-state index in [4.69, 9.17) is 5.84 Å². The molecular formula is C6H14N2. The van der Waals surface area contributed by atoms with E-state index in [9.17, 15) is 0 Å². The van der Waals surface area contributed by atoms with Crippen LogP contribution in [0.15, 0.2) is 12.2 Å². The molecule has 0 aromatic heterocycles. The molecule has 0 saturated carbocycles. The van der Waals surface area contributed by atoms with Crippen molar-refractivity contribution in [2.75, 3.05) is 0 Å². The molecule has 0 rings (SSSR count). The summed E-state index contributed by atoms with van der Waals surface area (Å²) in [6.07, 6.45) is 3.98. The zero-order chi connectivity index (χ0) is 6.62. The molecule has 0 aliphatic rings. The molecule has 0 aliphatic carbocycles. The van der Waals surface area contributed by atoms with Crippen LogP contribution in [0.1, 0.15) is 20.8 Å². The normalized spacial score (nSPS) is 13.0. The number of hydrazine groups is 1. The maximum absolute atomic E-state index is 5.19. The number of nitrogens with one attached hydrogen (secondary N) is 1. The number of hydrogen-bond donors (Lipinski definition) is 2. The lowest BCUT2D eigenvalue weighted by atomic mass is 10.1. The molecule has 0 fully saturated rings. The molecule has 0 bridgehead atoms. The fourth-order valence-corrected chi connectivity index (χ4v) is 0.465. The van der Waals surface area contributed by atoms with Crippen molar-refractivity contribution < 1.29 is 0 Å². The van der Waals surface area contributed by atoms with Gasteiger partial charge in [-0.1, -0.05) is 12.2 Å². The van der Waals surface area contributed by atoms with Gasteiger partial charge in [-0.2, -0.15) is 0 Å². The Hall–Kier alpha value is -0.340. The van der Waals surface area contributed by atoms with Crippen molar-refractivity contribution in [2.24, 2.45) is 5.84 Å². The van der Waals surface area contributed by atoms with E-state index in [2.05, 4.69) is 5.43 Å². The lowest BCUT2D eigenvalue weighted by Gasteiger charge is -2.17. The monoisotopic (exact) mass is 114 g/mol. The van der Waals surface area contributed by atoms with Crippen LogP contribution >= 0.6 is 0 Å². The van der Waals surface area contributed by atoms with Crippen molar-refractivity contribution in [1.82, 2.24) is 5.43 Å². The molecule has 0 aliphatic heterocycles. The quantitative estimate of drug-likeness (QED) is 0.316.